The number of rotatable bonds is 6. The van der Waals surface area contributed by atoms with Crippen LogP contribution in [0.25, 0.3) is 11.4 Å². The van der Waals surface area contributed by atoms with Crippen LogP contribution in [-0.4, -0.2) is 29.1 Å². The number of ether oxygens (including phenoxy) is 1. The SMILES string of the molecule is COc1ccc(-c2noc(CCC(=O)NNC(=O)C3CC3)n2)cc1. The van der Waals surface area contributed by atoms with Gasteiger partial charge in [0, 0.05) is 24.3 Å². The van der Waals surface area contributed by atoms with E-state index in [1.807, 2.05) is 12.1 Å². The van der Waals surface area contributed by atoms with Gasteiger partial charge in [-0.1, -0.05) is 5.16 Å². The Morgan fingerprint density at radius 1 is 1.25 bits per heavy atom. The summed E-state index contributed by atoms with van der Waals surface area (Å²) in [6.45, 7) is 0. The van der Waals surface area contributed by atoms with Crippen molar-refractivity contribution in [3.63, 3.8) is 0 Å². The van der Waals surface area contributed by atoms with Crippen molar-refractivity contribution in [2.75, 3.05) is 7.11 Å². The summed E-state index contributed by atoms with van der Waals surface area (Å²) in [5.74, 6) is 1.18. The zero-order chi connectivity index (χ0) is 16.9. The maximum Gasteiger partial charge on any atom is 0.241 e. The lowest BCUT2D eigenvalue weighted by molar-refractivity contribution is -0.129. The summed E-state index contributed by atoms with van der Waals surface area (Å²) in [6, 6.07) is 7.27. The molecule has 2 N–H and O–H groups in total. The van der Waals surface area contributed by atoms with Crippen molar-refractivity contribution in [3.8, 4) is 17.1 Å². The molecule has 126 valence electrons. The number of aryl methyl sites for hydroxylation is 1. The van der Waals surface area contributed by atoms with E-state index in [0.29, 0.717) is 18.1 Å². The zero-order valence-electron chi connectivity index (χ0n) is 13.2. The van der Waals surface area contributed by atoms with Gasteiger partial charge >= 0.3 is 0 Å². The summed E-state index contributed by atoms with van der Waals surface area (Å²) >= 11 is 0. The molecule has 0 spiro atoms. The Bertz CT molecular complexity index is 722. The van der Waals surface area contributed by atoms with Crippen molar-refractivity contribution in [3.05, 3.63) is 30.2 Å². The molecule has 0 bridgehead atoms. The van der Waals surface area contributed by atoms with Gasteiger partial charge in [0.2, 0.25) is 23.5 Å². The molecule has 0 unspecified atom stereocenters. The number of methoxy groups -OCH3 is 1. The average Bonchev–Trinajstić information content (AvgIpc) is 3.36. The lowest BCUT2D eigenvalue weighted by Gasteiger charge is -2.05. The second-order valence-corrected chi connectivity index (χ2v) is 5.55. The summed E-state index contributed by atoms with van der Waals surface area (Å²) in [4.78, 5) is 27.4. The number of hydrazine groups is 1. The molecule has 0 saturated heterocycles. The first-order valence-electron chi connectivity index (χ1n) is 7.71. The molecule has 1 aliphatic rings. The van der Waals surface area contributed by atoms with E-state index >= 15 is 0 Å². The van der Waals surface area contributed by atoms with Gasteiger partial charge in [-0.3, -0.25) is 20.4 Å². The third-order valence-electron chi connectivity index (χ3n) is 3.66. The average molecular weight is 330 g/mol. The molecule has 1 heterocycles. The summed E-state index contributed by atoms with van der Waals surface area (Å²) in [6.07, 6.45) is 2.22. The third-order valence-corrected chi connectivity index (χ3v) is 3.66. The lowest BCUT2D eigenvalue weighted by atomic mass is 10.2. The molecule has 8 heteroatoms. The second kappa shape index (κ2) is 7.12. The van der Waals surface area contributed by atoms with E-state index in [2.05, 4.69) is 21.0 Å². The molecular weight excluding hydrogens is 312 g/mol. The molecule has 1 saturated carbocycles. The minimum absolute atomic E-state index is 0.0493. The third kappa shape index (κ3) is 4.09. The molecule has 3 rings (SSSR count). The number of nitrogens with zero attached hydrogens (tertiary/aromatic N) is 2. The van der Waals surface area contributed by atoms with E-state index in [0.717, 1.165) is 24.2 Å². The molecule has 8 nitrogen and oxygen atoms in total. The van der Waals surface area contributed by atoms with Gasteiger partial charge in [0.25, 0.3) is 0 Å². The zero-order valence-corrected chi connectivity index (χ0v) is 13.2. The summed E-state index contributed by atoms with van der Waals surface area (Å²) < 4.78 is 10.2. The molecule has 0 atom stereocenters. The minimum atomic E-state index is -0.298. The van der Waals surface area contributed by atoms with Crippen LogP contribution >= 0.6 is 0 Å². The first-order valence-corrected chi connectivity index (χ1v) is 7.71. The van der Waals surface area contributed by atoms with Gasteiger partial charge in [0.1, 0.15) is 5.75 Å². The fraction of sp³-hybridized carbons (Fsp3) is 0.375. The Balaban J connectivity index is 1.48. The van der Waals surface area contributed by atoms with Crippen molar-refractivity contribution in [2.45, 2.75) is 25.7 Å². The van der Waals surface area contributed by atoms with Crippen LogP contribution in [-0.2, 0) is 16.0 Å². The van der Waals surface area contributed by atoms with E-state index in [-0.39, 0.29) is 24.2 Å². The number of aromatic nitrogens is 2. The van der Waals surface area contributed by atoms with Gasteiger partial charge in [0.15, 0.2) is 0 Å². The van der Waals surface area contributed by atoms with Crippen LogP contribution in [0, 0.1) is 5.92 Å². The number of carbonyl (C=O) groups excluding carboxylic acids is 2. The predicted octanol–water partition coefficient (Wildman–Crippen LogP) is 1.24. The number of amides is 2. The van der Waals surface area contributed by atoms with Gasteiger partial charge in [-0.25, -0.2) is 0 Å². The predicted molar refractivity (Wildman–Crippen MR) is 83.6 cm³/mol. The highest BCUT2D eigenvalue weighted by Gasteiger charge is 2.29. The largest absolute Gasteiger partial charge is 0.497 e. The Hall–Kier alpha value is -2.90. The van der Waals surface area contributed by atoms with E-state index in [1.54, 1.807) is 19.2 Å². The second-order valence-electron chi connectivity index (χ2n) is 5.55. The summed E-state index contributed by atoms with van der Waals surface area (Å²) in [5, 5.41) is 3.90. The quantitative estimate of drug-likeness (QED) is 0.772. The highest BCUT2D eigenvalue weighted by Crippen LogP contribution is 2.28. The Morgan fingerprint density at radius 2 is 2.00 bits per heavy atom. The fourth-order valence-electron chi connectivity index (χ4n) is 2.08. The molecule has 1 fully saturated rings. The number of hydrogen-bond donors (Lipinski definition) is 2. The molecule has 1 aromatic carbocycles. The van der Waals surface area contributed by atoms with Crippen LogP contribution in [0.5, 0.6) is 5.75 Å². The molecule has 0 aliphatic heterocycles. The molecule has 24 heavy (non-hydrogen) atoms. The van der Waals surface area contributed by atoms with Crippen LogP contribution in [0.2, 0.25) is 0 Å². The monoisotopic (exact) mass is 330 g/mol. The summed E-state index contributed by atoms with van der Waals surface area (Å²) in [7, 11) is 1.60. The van der Waals surface area contributed by atoms with E-state index in [4.69, 9.17) is 9.26 Å². The van der Waals surface area contributed by atoms with Gasteiger partial charge in [-0.05, 0) is 37.1 Å². The minimum Gasteiger partial charge on any atom is -0.497 e. The summed E-state index contributed by atoms with van der Waals surface area (Å²) in [5.41, 5.74) is 5.59. The number of benzene rings is 1. The van der Waals surface area contributed by atoms with Crippen molar-refractivity contribution in [1.29, 1.82) is 0 Å². The van der Waals surface area contributed by atoms with E-state index in [1.165, 1.54) is 0 Å². The Labute approximate surface area is 138 Å². The number of hydrogen-bond acceptors (Lipinski definition) is 6. The smallest absolute Gasteiger partial charge is 0.241 e. The topological polar surface area (TPSA) is 106 Å². The van der Waals surface area contributed by atoms with Gasteiger partial charge < -0.3 is 9.26 Å². The maximum atomic E-state index is 11.7. The van der Waals surface area contributed by atoms with E-state index < -0.39 is 0 Å². The molecule has 0 radical (unpaired) electrons. The lowest BCUT2D eigenvalue weighted by Crippen LogP contribution is -2.42. The Morgan fingerprint density at radius 3 is 2.67 bits per heavy atom. The van der Waals surface area contributed by atoms with Gasteiger partial charge in [0.05, 0.1) is 7.11 Å². The van der Waals surface area contributed by atoms with Crippen LogP contribution in [0.3, 0.4) is 0 Å². The highest BCUT2D eigenvalue weighted by molar-refractivity contribution is 5.84. The van der Waals surface area contributed by atoms with Crippen molar-refractivity contribution in [2.24, 2.45) is 5.92 Å². The van der Waals surface area contributed by atoms with Gasteiger partial charge in [-0.2, -0.15) is 4.98 Å². The molecule has 1 aliphatic carbocycles. The van der Waals surface area contributed by atoms with Crippen LogP contribution in [0.4, 0.5) is 0 Å². The van der Waals surface area contributed by atoms with Gasteiger partial charge in [-0.15, -0.1) is 0 Å². The van der Waals surface area contributed by atoms with Crippen LogP contribution in [0.15, 0.2) is 28.8 Å². The van der Waals surface area contributed by atoms with Crippen molar-refractivity contribution >= 4 is 11.8 Å². The van der Waals surface area contributed by atoms with Crippen molar-refractivity contribution < 1.29 is 18.8 Å². The molecule has 1 aromatic heterocycles. The van der Waals surface area contributed by atoms with Crippen LogP contribution < -0.4 is 15.6 Å². The standard InChI is InChI=1S/C16H18N4O4/c1-23-12-6-4-10(5-7-12)15-17-14(24-20-15)9-8-13(21)18-19-16(22)11-2-3-11/h4-7,11H,2-3,8-9H2,1H3,(H,18,21)(H,19,22). The highest BCUT2D eigenvalue weighted by atomic mass is 16.5. The number of nitrogens with one attached hydrogen (secondary N) is 2. The molecule has 2 aromatic rings. The normalized spacial score (nSPS) is 13.4. The maximum absolute atomic E-state index is 11.7. The number of carbonyl (C=O) groups is 2. The molecular formula is C16H18N4O4. The fourth-order valence-corrected chi connectivity index (χ4v) is 2.08. The molecule has 2 amide bonds. The first kappa shape index (κ1) is 16.0. The van der Waals surface area contributed by atoms with E-state index in [9.17, 15) is 9.59 Å². The van der Waals surface area contributed by atoms with Crippen molar-refractivity contribution in [1.82, 2.24) is 21.0 Å². The Kier molecular flexibility index (Phi) is 4.74. The first-order chi connectivity index (χ1) is 11.7. The van der Waals surface area contributed by atoms with Crippen LogP contribution in [0.1, 0.15) is 25.2 Å².